The predicted molar refractivity (Wildman–Crippen MR) is 178 cm³/mol. The van der Waals surface area contributed by atoms with Gasteiger partial charge in [0.2, 0.25) is 0 Å². The molecule has 0 bridgehead atoms. The molecular weight excluding hydrogens is 528 g/mol. The Labute approximate surface area is 265 Å². The first-order valence-corrected chi connectivity index (χ1v) is 17.9. The smallest absolute Gasteiger partial charge is 0.309 e. The van der Waals surface area contributed by atoms with Crippen molar-refractivity contribution in [3.05, 3.63) is 23.8 Å². The van der Waals surface area contributed by atoms with E-state index in [1.165, 1.54) is 62.5 Å². The highest BCUT2D eigenvalue weighted by atomic mass is 16.5. The highest BCUT2D eigenvalue weighted by Gasteiger charge is 2.71. The van der Waals surface area contributed by atoms with E-state index in [0.717, 1.165) is 12.8 Å². The number of aliphatic hydroxyl groups excluding tert-OH is 1. The molecule has 5 saturated carbocycles. The third-order valence-corrected chi connectivity index (χ3v) is 15.9. The molecule has 0 aromatic heterocycles. The van der Waals surface area contributed by atoms with Gasteiger partial charge in [-0.25, -0.2) is 0 Å². The SMILES string of the molecule is C=C(C)[C@@H]1CC[C@]2(COC(=O)C(C)C(C)(C)C=C(C)C)CC[C@]3(C)C(CCC4[C@@]5(C)CC[C@H](O)C(C)(C)C5CC[C@]43C)C12. The molecule has 5 unspecified atom stereocenters. The van der Waals surface area contributed by atoms with Crippen LogP contribution in [-0.2, 0) is 9.53 Å². The quantitative estimate of drug-likeness (QED) is 0.246. The third-order valence-electron chi connectivity index (χ3n) is 15.9. The molecule has 11 atom stereocenters. The monoisotopic (exact) mass is 595 g/mol. The zero-order chi connectivity index (χ0) is 32.0. The van der Waals surface area contributed by atoms with Crippen molar-refractivity contribution >= 4 is 5.97 Å². The number of hydrogen-bond donors (Lipinski definition) is 1. The van der Waals surface area contributed by atoms with Crippen molar-refractivity contribution in [3.63, 3.8) is 0 Å². The molecule has 0 heterocycles. The summed E-state index contributed by atoms with van der Waals surface area (Å²) in [5.41, 5.74) is 3.30. The van der Waals surface area contributed by atoms with Crippen LogP contribution < -0.4 is 0 Å². The number of esters is 1. The molecule has 3 heteroatoms. The van der Waals surface area contributed by atoms with Gasteiger partial charge in [0.25, 0.3) is 0 Å². The Morgan fingerprint density at radius 3 is 2.21 bits per heavy atom. The first kappa shape index (κ1) is 33.3. The number of aliphatic hydroxyl groups is 1. The maximum absolute atomic E-state index is 13.6. The van der Waals surface area contributed by atoms with Gasteiger partial charge in [0.1, 0.15) is 0 Å². The lowest BCUT2D eigenvalue weighted by atomic mass is 9.32. The van der Waals surface area contributed by atoms with Gasteiger partial charge in [0.05, 0.1) is 18.6 Å². The summed E-state index contributed by atoms with van der Waals surface area (Å²) in [5.74, 6) is 2.81. The van der Waals surface area contributed by atoms with Gasteiger partial charge in [0, 0.05) is 5.41 Å². The molecule has 3 nitrogen and oxygen atoms in total. The molecule has 5 rings (SSSR count). The lowest BCUT2D eigenvalue weighted by Gasteiger charge is -2.73. The second-order valence-electron chi connectivity index (χ2n) is 18.8. The maximum Gasteiger partial charge on any atom is 0.309 e. The number of fused-ring (bicyclic) bond motifs is 7. The van der Waals surface area contributed by atoms with E-state index in [-0.39, 0.29) is 39.7 Å². The second kappa shape index (κ2) is 10.7. The van der Waals surface area contributed by atoms with E-state index in [0.29, 0.717) is 47.0 Å². The zero-order valence-electron chi connectivity index (χ0n) is 29.9. The predicted octanol–water partition coefficient (Wildman–Crippen LogP) is 10.2. The number of allylic oxidation sites excluding steroid dienone is 3. The van der Waals surface area contributed by atoms with E-state index >= 15 is 0 Å². The maximum atomic E-state index is 13.6. The summed E-state index contributed by atoms with van der Waals surface area (Å²) in [7, 11) is 0. The molecule has 43 heavy (non-hydrogen) atoms. The molecule has 244 valence electrons. The van der Waals surface area contributed by atoms with Gasteiger partial charge < -0.3 is 9.84 Å². The van der Waals surface area contributed by atoms with Crippen LogP contribution in [0.25, 0.3) is 0 Å². The van der Waals surface area contributed by atoms with Crippen LogP contribution >= 0.6 is 0 Å². The molecule has 0 aromatic carbocycles. The van der Waals surface area contributed by atoms with Crippen LogP contribution in [-0.4, -0.2) is 23.8 Å². The summed E-state index contributed by atoms with van der Waals surface area (Å²) < 4.78 is 6.39. The van der Waals surface area contributed by atoms with Crippen molar-refractivity contribution in [3.8, 4) is 0 Å². The Morgan fingerprint density at radius 1 is 0.907 bits per heavy atom. The summed E-state index contributed by atoms with van der Waals surface area (Å²) in [6.07, 6.45) is 14.0. The van der Waals surface area contributed by atoms with Crippen LogP contribution in [0.2, 0.25) is 0 Å². The first-order valence-electron chi connectivity index (χ1n) is 17.9. The van der Waals surface area contributed by atoms with Crippen LogP contribution in [0.3, 0.4) is 0 Å². The molecule has 5 aliphatic carbocycles. The Bertz CT molecular complexity index is 1140. The Morgan fingerprint density at radius 2 is 1.58 bits per heavy atom. The van der Waals surface area contributed by atoms with Crippen molar-refractivity contribution in [2.24, 2.45) is 68.0 Å². The fourth-order valence-corrected chi connectivity index (χ4v) is 13.0. The van der Waals surface area contributed by atoms with Crippen molar-refractivity contribution in [2.45, 2.75) is 146 Å². The van der Waals surface area contributed by atoms with Gasteiger partial charge in [-0.15, -0.1) is 0 Å². The highest BCUT2D eigenvalue weighted by Crippen LogP contribution is 2.77. The number of hydrogen-bond acceptors (Lipinski definition) is 3. The van der Waals surface area contributed by atoms with Crippen LogP contribution in [0.5, 0.6) is 0 Å². The van der Waals surface area contributed by atoms with Crippen molar-refractivity contribution in [1.82, 2.24) is 0 Å². The normalized spacial score (nSPS) is 46.0. The largest absolute Gasteiger partial charge is 0.465 e. The van der Waals surface area contributed by atoms with Gasteiger partial charge >= 0.3 is 5.97 Å². The van der Waals surface area contributed by atoms with Gasteiger partial charge in [-0.2, -0.15) is 0 Å². The van der Waals surface area contributed by atoms with E-state index < -0.39 is 0 Å². The fraction of sp³-hybridized carbons (Fsp3) is 0.875. The average molecular weight is 595 g/mol. The Kier molecular flexibility index (Phi) is 8.31. The fourth-order valence-electron chi connectivity index (χ4n) is 13.0. The summed E-state index contributed by atoms with van der Waals surface area (Å²) in [6.45, 7) is 30.7. The topological polar surface area (TPSA) is 46.5 Å². The molecule has 0 radical (unpaired) electrons. The van der Waals surface area contributed by atoms with Crippen LogP contribution in [0, 0.1) is 68.0 Å². The lowest BCUT2D eigenvalue weighted by Crippen LogP contribution is -2.66. The summed E-state index contributed by atoms with van der Waals surface area (Å²) in [4.78, 5) is 13.6. The van der Waals surface area contributed by atoms with Crippen LogP contribution in [0.15, 0.2) is 23.8 Å². The molecular formula is C40H66O3. The minimum atomic E-state index is -0.223. The Hall–Kier alpha value is -1.09. The molecule has 1 N–H and O–H groups in total. The third kappa shape index (κ3) is 4.86. The van der Waals surface area contributed by atoms with E-state index in [1.807, 2.05) is 6.92 Å². The molecule has 0 amide bonds. The first-order chi connectivity index (χ1) is 19.8. The molecule has 0 saturated heterocycles. The number of rotatable bonds is 6. The standard InChI is InChI=1S/C40H66O3/c1-25(2)23-35(6,7)27(5)34(42)43-24-40-20-15-28(26(3)4)33(40)29-13-14-31-37(10)18-17-32(41)36(8,9)30(37)16-19-39(31,12)38(29,11)21-22-40/h23,27-33,41H,3,13-22,24H2,1-2,4-12H3/t27?,28-,29?,30?,31?,32-,33?,37-,38+,39+,40+/m0/s1. The van der Waals surface area contributed by atoms with Crippen molar-refractivity contribution in [1.29, 1.82) is 0 Å². The minimum Gasteiger partial charge on any atom is -0.465 e. The summed E-state index contributed by atoms with van der Waals surface area (Å²) in [5, 5.41) is 11.1. The zero-order valence-corrected chi connectivity index (χ0v) is 29.9. The summed E-state index contributed by atoms with van der Waals surface area (Å²) >= 11 is 0. The molecule has 0 aromatic rings. The van der Waals surface area contributed by atoms with E-state index in [4.69, 9.17) is 4.74 Å². The number of ether oxygens (including phenoxy) is 1. The van der Waals surface area contributed by atoms with Crippen LogP contribution in [0.1, 0.15) is 140 Å². The van der Waals surface area contributed by atoms with E-state index in [1.54, 1.807) is 0 Å². The molecule has 0 aliphatic heterocycles. The van der Waals surface area contributed by atoms with Crippen LogP contribution in [0.4, 0.5) is 0 Å². The van der Waals surface area contributed by atoms with Crippen molar-refractivity contribution in [2.75, 3.05) is 6.61 Å². The molecule has 0 spiro atoms. The van der Waals surface area contributed by atoms with Gasteiger partial charge in [-0.3, -0.25) is 4.79 Å². The van der Waals surface area contributed by atoms with Gasteiger partial charge in [-0.1, -0.05) is 79.2 Å². The highest BCUT2D eigenvalue weighted by molar-refractivity contribution is 5.73. The average Bonchev–Trinajstić information content (AvgIpc) is 3.29. The number of carbonyl (C=O) groups excluding carboxylic acids is 1. The molecule has 5 aliphatic rings. The molecule has 5 fully saturated rings. The van der Waals surface area contributed by atoms with E-state index in [9.17, 15) is 9.90 Å². The van der Waals surface area contributed by atoms with Crippen molar-refractivity contribution < 1.29 is 14.6 Å². The number of carbonyl (C=O) groups is 1. The van der Waals surface area contributed by atoms with E-state index in [2.05, 4.69) is 81.9 Å². The van der Waals surface area contributed by atoms with Gasteiger partial charge in [-0.05, 0) is 142 Å². The minimum absolute atomic E-state index is 0.00843. The Balaban J connectivity index is 1.44. The second-order valence-corrected chi connectivity index (χ2v) is 18.8. The lowest BCUT2D eigenvalue weighted by molar-refractivity contribution is -0.250. The van der Waals surface area contributed by atoms with Gasteiger partial charge in [0.15, 0.2) is 0 Å². The summed E-state index contributed by atoms with van der Waals surface area (Å²) in [6, 6.07) is 0.